The number of anilines is 1. The third kappa shape index (κ3) is 3.38. The highest BCUT2D eigenvalue weighted by Crippen LogP contribution is 2.29. The Kier molecular flexibility index (Phi) is 4.73. The zero-order valence-corrected chi connectivity index (χ0v) is 16.5. The van der Waals surface area contributed by atoms with Gasteiger partial charge in [-0.1, -0.05) is 48.2 Å². The lowest BCUT2D eigenvalue weighted by Gasteiger charge is -2.29. The summed E-state index contributed by atoms with van der Waals surface area (Å²) in [6, 6.07) is 18.0. The van der Waals surface area contributed by atoms with Crippen LogP contribution >= 0.6 is 11.8 Å². The predicted molar refractivity (Wildman–Crippen MR) is 115 cm³/mol. The number of carbonyl (C=O) groups excluding carboxylic acids is 1. The molecule has 2 aromatic heterocycles. The molecule has 7 heteroatoms. The number of benzene rings is 2. The van der Waals surface area contributed by atoms with Crippen LogP contribution in [0.4, 0.5) is 5.69 Å². The second-order valence-corrected chi connectivity index (χ2v) is 7.84. The lowest BCUT2D eigenvalue weighted by atomic mass is 10.0. The van der Waals surface area contributed by atoms with Crippen LogP contribution in [-0.4, -0.2) is 38.0 Å². The first-order valence-corrected chi connectivity index (χ1v) is 10.5. The van der Waals surface area contributed by atoms with Crippen molar-refractivity contribution in [3.8, 4) is 5.69 Å². The van der Waals surface area contributed by atoms with E-state index in [1.807, 2.05) is 53.4 Å². The van der Waals surface area contributed by atoms with Gasteiger partial charge in [-0.2, -0.15) is 5.10 Å². The average molecular weight is 401 g/mol. The molecule has 29 heavy (non-hydrogen) atoms. The molecular weight excluding hydrogens is 382 g/mol. The summed E-state index contributed by atoms with van der Waals surface area (Å²) >= 11 is 1.44. The molecule has 0 saturated carbocycles. The van der Waals surface area contributed by atoms with Crippen molar-refractivity contribution < 1.29 is 4.79 Å². The number of para-hydroxylation sites is 2. The number of aromatic nitrogens is 4. The molecule has 4 aromatic rings. The maximum absolute atomic E-state index is 12.9. The summed E-state index contributed by atoms with van der Waals surface area (Å²) < 4.78 is 1.80. The molecule has 144 valence electrons. The molecule has 0 N–H and O–H groups in total. The SMILES string of the molecule is O=C(CSc1ncnc2c1cnn2-c1ccccc1)N1CCCc2ccccc21. The van der Waals surface area contributed by atoms with E-state index in [9.17, 15) is 4.79 Å². The Hall–Kier alpha value is -3.19. The normalized spacial score (nSPS) is 13.4. The van der Waals surface area contributed by atoms with Crippen LogP contribution in [0.2, 0.25) is 0 Å². The van der Waals surface area contributed by atoms with E-state index in [0.717, 1.165) is 46.8 Å². The third-order valence-electron chi connectivity index (χ3n) is 5.07. The van der Waals surface area contributed by atoms with Gasteiger partial charge >= 0.3 is 0 Å². The number of carbonyl (C=O) groups is 1. The zero-order valence-electron chi connectivity index (χ0n) is 15.7. The number of aryl methyl sites for hydroxylation is 1. The van der Waals surface area contributed by atoms with Crippen molar-refractivity contribution in [2.45, 2.75) is 17.9 Å². The number of thioether (sulfide) groups is 1. The topological polar surface area (TPSA) is 63.9 Å². The fraction of sp³-hybridized carbons (Fsp3) is 0.182. The van der Waals surface area contributed by atoms with Crippen LogP contribution in [0.15, 0.2) is 72.1 Å². The molecule has 0 fully saturated rings. The summed E-state index contributed by atoms with van der Waals surface area (Å²) in [4.78, 5) is 23.6. The van der Waals surface area contributed by atoms with Gasteiger partial charge in [0.1, 0.15) is 11.4 Å². The van der Waals surface area contributed by atoms with Crippen molar-refractivity contribution in [3.63, 3.8) is 0 Å². The van der Waals surface area contributed by atoms with Gasteiger partial charge in [0.2, 0.25) is 5.91 Å². The maximum Gasteiger partial charge on any atom is 0.237 e. The first-order valence-electron chi connectivity index (χ1n) is 9.56. The molecule has 1 amide bonds. The van der Waals surface area contributed by atoms with Crippen LogP contribution in [0.5, 0.6) is 0 Å². The van der Waals surface area contributed by atoms with Crippen molar-refractivity contribution >= 4 is 34.4 Å². The molecule has 0 saturated heterocycles. The number of hydrogen-bond donors (Lipinski definition) is 0. The smallest absolute Gasteiger partial charge is 0.237 e. The van der Waals surface area contributed by atoms with E-state index in [2.05, 4.69) is 21.1 Å². The first-order chi connectivity index (χ1) is 14.3. The van der Waals surface area contributed by atoms with Crippen LogP contribution in [0.1, 0.15) is 12.0 Å². The lowest BCUT2D eigenvalue weighted by Crippen LogP contribution is -2.36. The molecule has 1 aliphatic heterocycles. The Morgan fingerprint density at radius 2 is 1.86 bits per heavy atom. The number of hydrogen-bond acceptors (Lipinski definition) is 5. The molecular formula is C22H19N5OS. The molecule has 0 atom stereocenters. The van der Waals surface area contributed by atoms with E-state index >= 15 is 0 Å². The van der Waals surface area contributed by atoms with Crippen LogP contribution in [0, 0.1) is 0 Å². The molecule has 6 nitrogen and oxygen atoms in total. The number of amides is 1. The molecule has 0 unspecified atom stereocenters. The Morgan fingerprint density at radius 3 is 2.76 bits per heavy atom. The summed E-state index contributed by atoms with van der Waals surface area (Å²) in [5.41, 5.74) is 3.96. The van der Waals surface area contributed by atoms with E-state index in [1.54, 1.807) is 10.9 Å². The zero-order chi connectivity index (χ0) is 19.6. The molecule has 1 aliphatic rings. The van der Waals surface area contributed by atoms with E-state index < -0.39 is 0 Å². The van der Waals surface area contributed by atoms with Gasteiger partial charge in [-0.25, -0.2) is 14.6 Å². The Bertz CT molecular complexity index is 1170. The monoisotopic (exact) mass is 401 g/mol. The van der Waals surface area contributed by atoms with E-state index in [0.29, 0.717) is 5.75 Å². The summed E-state index contributed by atoms with van der Waals surface area (Å²) in [5, 5.41) is 6.11. The maximum atomic E-state index is 12.9. The van der Waals surface area contributed by atoms with Crippen molar-refractivity contribution in [1.29, 1.82) is 0 Å². The fourth-order valence-corrected chi connectivity index (χ4v) is 4.53. The molecule has 0 radical (unpaired) electrons. The number of rotatable bonds is 4. The van der Waals surface area contributed by atoms with Crippen molar-refractivity contribution in [2.24, 2.45) is 0 Å². The van der Waals surface area contributed by atoms with Gasteiger partial charge in [0.15, 0.2) is 5.65 Å². The quantitative estimate of drug-likeness (QED) is 0.383. The van der Waals surface area contributed by atoms with Crippen molar-refractivity contribution in [3.05, 3.63) is 72.7 Å². The summed E-state index contributed by atoms with van der Waals surface area (Å²) in [5.74, 6) is 0.432. The first kappa shape index (κ1) is 17.9. The van der Waals surface area contributed by atoms with Crippen molar-refractivity contribution in [2.75, 3.05) is 17.2 Å². The number of fused-ring (bicyclic) bond motifs is 2. The lowest BCUT2D eigenvalue weighted by molar-refractivity contribution is -0.116. The Morgan fingerprint density at radius 1 is 1.03 bits per heavy atom. The van der Waals surface area contributed by atoms with Crippen molar-refractivity contribution in [1.82, 2.24) is 19.7 Å². The van der Waals surface area contributed by atoms with Gasteiger partial charge in [0, 0.05) is 12.2 Å². The van der Waals surface area contributed by atoms with Crippen LogP contribution in [0.3, 0.4) is 0 Å². The third-order valence-corrected chi connectivity index (χ3v) is 6.06. The van der Waals surface area contributed by atoms with Gasteiger partial charge in [-0.05, 0) is 36.6 Å². The summed E-state index contributed by atoms with van der Waals surface area (Å²) in [7, 11) is 0. The second-order valence-electron chi connectivity index (χ2n) is 6.87. The van der Waals surface area contributed by atoms with Crippen LogP contribution in [-0.2, 0) is 11.2 Å². The minimum atomic E-state index is 0.101. The number of nitrogens with zero attached hydrogens (tertiary/aromatic N) is 5. The standard InChI is InChI=1S/C22H19N5OS/c28-20(26-12-6-8-16-7-4-5-11-19(16)26)14-29-22-18-13-25-27(21(18)23-15-24-22)17-9-2-1-3-10-17/h1-5,7,9-11,13,15H,6,8,12,14H2. The van der Waals surface area contributed by atoms with Crippen LogP contribution < -0.4 is 4.90 Å². The second kappa shape index (κ2) is 7.67. The predicted octanol–water partition coefficient (Wildman–Crippen LogP) is 3.89. The van der Waals surface area contributed by atoms with Gasteiger partial charge in [-0.3, -0.25) is 4.79 Å². The van der Waals surface area contributed by atoms with E-state index in [-0.39, 0.29) is 5.91 Å². The molecule has 5 rings (SSSR count). The van der Waals surface area contributed by atoms with Gasteiger partial charge in [0.05, 0.1) is 23.0 Å². The van der Waals surface area contributed by atoms with E-state index in [4.69, 9.17) is 0 Å². The fourth-order valence-electron chi connectivity index (χ4n) is 3.70. The van der Waals surface area contributed by atoms with Gasteiger partial charge in [-0.15, -0.1) is 0 Å². The Labute approximate surface area is 172 Å². The van der Waals surface area contributed by atoms with Gasteiger partial charge in [0.25, 0.3) is 0 Å². The molecule has 3 heterocycles. The Balaban J connectivity index is 1.38. The highest BCUT2D eigenvalue weighted by molar-refractivity contribution is 8.00. The molecule has 0 spiro atoms. The molecule has 2 aromatic carbocycles. The van der Waals surface area contributed by atoms with Gasteiger partial charge < -0.3 is 4.90 Å². The largest absolute Gasteiger partial charge is 0.311 e. The molecule has 0 aliphatic carbocycles. The molecule has 0 bridgehead atoms. The highest BCUT2D eigenvalue weighted by Gasteiger charge is 2.22. The minimum Gasteiger partial charge on any atom is -0.311 e. The minimum absolute atomic E-state index is 0.101. The summed E-state index contributed by atoms with van der Waals surface area (Å²) in [6.45, 7) is 0.765. The average Bonchev–Trinajstić information content (AvgIpc) is 3.22. The highest BCUT2D eigenvalue weighted by atomic mass is 32.2. The van der Waals surface area contributed by atoms with E-state index in [1.165, 1.54) is 23.7 Å². The van der Waals surface area contributed by atoms with Crippen LogP contribution in [0.25, 0.3) is 16.7 Å². The summed E-state index contributed by atoms with van der Waals surface area (Å²) in [6.07, 6.45) is 5.32.